The molecule has 1 fully saturated rings. The minimum Gasteiger partial charge on any atom is -0.352 e. The van der Waals surface area contributed by atoms with Crippen LogP contribution in [-0.4, -0.2) is 20.9 Å². The van der Waals surface area contributed by atoms with Crippen molar-refractivity contribution in [1.82, 2.24) is 5.32 Å². The van der Waals surface area contributed by atoms with E-state index in [1.165, 1.54) is 0 Å². The minimum atomic E-state index is -3.96. The summed E-state index contributed by atoms with van der Waals surface area (Å²) in [6.45, 7) is 2.64. The summed E-state index contributed by atoms with van der Waals surface area (Å²) in [5.74, 6) is -0.333. The van der Waals surface area contributed by atoms with Crippen molar-refractivity contribution < 1.29 is 17.6 Å². The van der Waals surface area contributed by atoms with Gasteiger partial charge in [0.2, 0.25) is 10.0 Å². The second kappa shape index (κ2) is 6.11. The normalized spacial score (nSPS) is 22.2. The van der Waals surface area contributed by atoms with Crippen LogP contribution in [0, 0.1) is 17.7 Å². The Bertz CT molecular complexity index is 646. The molecule has 0 aromatic heterocycles. The third-order valence-corrected chi connectivity index (χ3v) is 4.78. The fraction of sp³-hybridized carbons (Fsp3) is 0.500. The SMILES string of the molecule is CC1CCC(CNC(=O)c2cc(S(N)(=O)=O)ccc2F)C1. The Hall–Kier alpha value is -1.47. The van der Waals surface area contributed by atoms with Gasteiger partial charge in [0.25, 0.3) is 5.91 Å². The number of carbonyl (C=O) groups is 1. The van der Waals surface area contributed by atoms with Gasteiger partial charge in [0.1, 0.15) is 5.82 Å². The van der Waals surface area contributed by atoms with E-state index in [0.717, 1.165) is 37.5 Å². The molecule has 0 saturated heterocycles. The molecule has 1 aliphatic rings. The molecule has 21 heavy (non-hydrogen) atoms. The molecular weight excluding hydrogens is 295 g/mol. The van der Waals surface area contributed by atoms with E-state index >= 15 is 0 Å². The zero-order valence-electron chi connectivity index (χ0n) is 11.8. The highest BCUT2D eigenvalue weighted by Gasteiger charge is 2.23. The summed E-state index contributed by atoms with van der Waals surface area (Å²) < 4.78 is 36.2. The number of nitrogens with two attached hydrogens (primary N) is 1. The summed E-state index contributed by atoms with van der Waals surface area (Å²) in [6, 6.07) is 2.95. The molecule has 5 nitrogen and oxygen atoms in total. The van der Waals surface area contributed by atoms with Gasteiger partial charge in [0.05, 0.1) is 10.5 Å². The zero-order chi connectivity index (χ0) is 15.6. The van der Waals surface area contributed by atoms with Gasteiger partial charge in [-0.25, -0.2) is 17.9 Å². The Morgan fingerprint density at radius 3 is 2.71 bits per heavy atom. The third kappa shape index (κ3) is 4.01. The fourth-order valence-electron chi connectivity index (χ4n) is 2.70. The second-order valence-corrected chi connectivity index (χ2v) is 7.24. The summed E-state index contributed by atoms with van der Waals surface area (Å²) in [6.07, 6.45) is 3.22. The number of sulfonamides is 1. The van der Waals surface area contributed by atoms with E-state index in [9.17, 15) is 17.6 Å². The highest BCUT2D eigenvalue weighted by atomic mass is 32.2. The summed E-state index contributed by atoms with van der Waals surface area (Å²) >= 11 is 0. The molecule has 3 N–H and O–H groups in total. The van der Waals surface area contributed by atoms with E-state index in [2.05, 4.69) is 12.2 Å². The Labute approximate surface area is 123 Å². The van der Waals surface area contributed by atoms with Crippen LogP contribution in [0.3, 0.4) is 0 Å². The van der Waals surface area contributed by atoms with Crippen molar-refractivity contribution in [3.05, 3.63) is 29.6 Å². The fourth-order valence-corrected chi connectivity index (χ4v) is 3.24. The molecule has 0 spiro atoms. The molecule has 116 valence electrons. The summed E-state index contributed by atoms with van der Waals surface area (Å²) in [4.78, 5) is 11.7. The molecule has 0 aliphatic heterocycles. The highest BCUT2D eigenvalue weighted by Crippen LogP contribution is 2.29. The third-order valence-electron chi connectivity index (χ3n) is 3.87. The van der Waals surface area contributed by atoms with Crippen LogP contribution in [0.25, 0.3) is 0 Å². The predicted molar refractivity (Wildman–Crippen MR) is 76.6 cm³/mol. The van der Waals surface area contributed by atoms with E-state index in [1.54, 1.807) is 0 Å². The summed E-state index contributed by atoms with van der Waals surface area (Å²) in [5, 5.41) is 7.65. The maximum Gasteiger partial charge on any atom is 0.254 e. The first-order valence-electron chi connectivity index (χ1n) is 6.88. The number of benzene rings is 1. The van der Waals surface area contributed by atoms with E-state index in [4.69, 9.17) is 5.14 Å². The van der Waals surface area contributed by atoms with Crippen LogP contribution in [0.2, 0.25) is 0 Å². The average molecular weight is 314 g/mol. The number of halogens is 1. The van der Waals surface area contributed by atoms with E-state index in [1.807, 2.05) is 0 Å². The number of amides is 1. The minimum absolute atomic E-state index is 0.275. The molecule has 2 rings (SSSR count). The van der Waals surface area contributed by atoms with Gasteiger partial charge in [-0.2, -0.15) is 0 Å². The van der Waals surface area contributed by atoms with Crippen LogP contribution in [0.5, 0.6) is 0 Å². The van der Waals surface area contributed by atoms with Crippen molar-refractivity contribution in [2.75, 3.05) is 6.54 Å². The van der Waals surface area contributed by atoms with Crippen molar-refractivity contribution in [3.8, 4) is 0 Å². The van der Waals surface area contributed by atoms with Gasteiger partial charge in [-0.15, -0.1) is 0 Å². The molecule has 0 heterocycles. The highest BCUT2D eigenvalue weighted by molar-refractivity contribution is 7.89. The van der Waals surface area contributed by atoms with Crippen molar-refractivity contribution in [3.63, 3.8) is 0 Å². The smallest absolute Gasteiger partial charge is 0.254 e. The van der Waals surface area contributed by atoms with E-state index in [-0.39, 0.29) is 10.5 Å². The Balaban J connectivity index is 2.08. The van der Waals surface area contributed by atoms with Gasteiger partial charge in [-0.3, -0.25) is 4.79 Å². The molecule has 2 unspecified atom stereocenters. The Kier molecular flexibility index (Phi) is 4.63. The maximum atomic E-state index is 13.7. The number of carbonyl (C=O) groups excluding carboxylic acids is 1. The standard InChI is InChI=1S/C14H19FN2O3S/c1-9-2-3-10(6-9)8-17-14(18)12-7-11(21(16,19)20)4-5-13(12)15/h4-5,7,9-10H,2-3,6,8H2,1H3,(H,17,18)(H2,16,19,20). The quantitative estimate of drug-likeness (QED) is 0.885. The van der Waals surface area contributed by atoms with Gasteiger partial charge in [0.15, 0.2) is 0 Å². The van der Waals surface area contributed by atoms with Crippen molar-refractivity contribution in [1.29, 1.82) is 0 Å². The monoisotopic (exact) mass is 314 g/mol. The molecule has 1 aromatic carbocycles. The molecule has 0 radical (unpaired) electrons. The lowest BCUT2D eigenvalue weighted by Gasteiger charge is -2.12. The molecule has 0 bridgehead atoms. The first-order chi connectivity index (χ1) is 9.77. The van der Waals surface area contributed by atoms with Crippen molar-refractivity contribution >= 4 is 15.9 Å². The summed E-state index contributed by atoms with van der Waals surface area (Å²) in [5.41, 5.74) is -0.299. The molecule has 7 heteroatoms. The van der Waals surface area contributed by atoms with Gasteiger partial charge < -0.3 is 5.32 Å². The largest absolute Gasteiger partial charge is 0.352 e. The van der Waals surface area contributed by atoms with E-state index in [0.29, 0.717) is 18.4 Å². The van der Waals surface area contributed by atoms with Gasteiger partial charge in [0, 0.05) is 6.54 Å². The molecule has 1 aliphatic carbocycles. The van der Waals surface area contributed by atoms with E-state index < -0.39 is 21.7 Å². The lowest BCUT2D eigenvalue weighted by atomic mass is 10.1. The van der Waals surface area contributed by atoms with Crippen LogP contribution in [0.1, 0.15) is 36.5 Å². The Morgan fingerprint density at radius 2 is 2.14 bits per heavy atom. The zero-order valence-corrected chi connectivity index (χ0v) is 12.6. The number of nitrogens with one attached hydrogen (secondary N) is 1. The molecule has 1 amide bonds. The molecule has 2 atom stereocenters. The first kappa shape index (κ1) is 15.9. The van der Waals surface area contributed by atoms with Gasteiger partial charge >= 0.3 is 0 Å². The van der Waals surface area contributed by atoms with Crippen LogP contribution in [0.4, 0.5) is 4.39 Å². The topological polar surface area (TPSA) is 89.3 Å². The Morgan fingerprint density at radius 1 is 1.43 bits per heavy atom. The summed E-state index contributed by atoms with van der Waals surface area (Å²) in [7, 11) is -3.96. The lowest BCUT2D eigenvalue weighted by molar-refractivity contribution is 0.0943. The number of hydrogen-bond donors (Lipinski definition) is 2. The average Bonchev–Trinajstić information content (AvgIpc) is 2.81. The number of hydrogen-bond acceptors (Lipinski definition) is 3. The number of rotatable bonds is 4. The van der Waals surface area contributed by atoms with Gasteiger partial charge in [-0.1, -0.05) is 13.3 Å². The second-order valence-electron chi connectivity index (χ2n) is 5.68. The van der Waals surface area contributed by atoms with Crippen molar-refractivity contribution in [2.45, 2.75) is 31.1 Å². The molecular formula is C14H19FN2O3S. The predicted octanol–water partition coefficient (Wildman–Crippen LogP) is 1.64. The first-order valence-corrected chi connectivity index (χ1v) is 8.42. The van der Waals surface area contributed by atoms with Crippen LogP contribution < -0.4 is 10.5 Å². The van der Waals surface area contributed by atoms with Crippen LogP contribution in [-0.2, 0) is 10.0 Å². The molecule has 1 aromatic rings. The van der Waals surface area contributed by atoms with Crippen molar-refractivity contribution in [2.24, 2.45) is 17.0 Å². The van der Waals surface area contributed by atoms with Crippen LogP contribution in [0.15, 0.2) is 23.1 Å². The number of primary sulfonamides is 1. The van der Waals surface area contributed by atoms with Crippen LogP contribution >= 0.6 is 0 Å². The molecule has 1 saturated carbocycles. The van der Waals surface area contributed by atoms with Gasteiger partial charge in [-0.05, 0) is 42.9 Å². The maximum absolute atomic E-state index is 13.7. The lowest BCUT2D eigenvalue weighted by Crippen LogP contribution is -2.29.